The molecule has 0 radical (unpaired) electrons. The summed E-state index contributed by atoms with van der Waals surface area (Å²) >= 11 is 0. The van der Waals surface area contributed by atoms with Gasteiger partial charge in [0.2, 0.25) is 5.95 Å². The van der Waals surface area contributed by atoms with E-state index in [4.69, 9.17) is 0 Å². The molecule has 0 saturated carbocycles. The zero-order chi connectivity index (χ0) is 16.1. The summed E-state index contributed by atoms with van der Waals surface area (Å²) in [5.41, 5.74) is 3.04. The van der Waals surface area contributed by atoms with Crippen LogP contribution in [-0.2, 0) is 0 Å². The molecule has 2 heterocycles. The van der Waals surface area contributed by atoms with Crippen LogP contribution in [0.2, 0.25) is 0 Å². The monoisotopic (exact) mass is 308 g/mol. The minimum Gasteiger partial charge on any atom is -0.370 e. The summed E-state index contributed by atoms with van der Waals surface area (Å²) in [6.07, 6.45) is 8.33. The predicted molar refractivity (Wildman–Crippen MR) is 92.4 cm³/mol. The highest BCUT2D eigenvalue weighted by Crippen LogP contribution is 2.18. The lowest BCUT2D eigenvalue weighted by Gasteiger charge is -2.10. The van der Waals surface area contributed by atoms with Crippen molar-refractivity contribution in [2.24, 2.45) is 0 Å². The summed E-state index contributed by atoms with van der Waals surface area (Å²) in [6, 6.07) is 8.04. The number of nitrogens with one attached hydrogen (secondary N) is 2. The molecule has 3 aromatic rings. The van der Waals surface area contributed by atoms with E-state index in [2.05, 4.69) is 32.5 Å². The van der Waals surface area contributed by atoms with Crippen molar-refractivity contribution in [3.05, 3.63) is 54.7 Å². The van der Waals surface area contributed by atoms with Crippen molar-refractivity contribution >= 4 is 17.5 Å². The van der Waals surface area contributed by atoms with Gasteiger partial charge in [-0.2, -0.15) is 4.98 Å². The van der Waals surface area contributed by atoms with E-state index < -0.39 is 0 Å². The number of nitrogens with zero attached hydrogens (tertiary/aromatic N) is 4. The van der Waals surface area contributed by atoms with E-state index in [1.165, 1.54) is 0 Å². The Balaban J connectivity index is 1.74. The van der Waals surface area contributed by atoms with Gasteiger partial charge in [0.1, 0.15) is 5.82 Å². The molecule has 2 aromatic heterocycles. The van der Waals surface area contributed by atoms with Gasteiger partial charge in [-0.1, -0.05) is 6.92 Å². The Bertz CT molecular complexity index is 749. The topological polar surface area (TPSA) is 67.7 Å². The predicted octanol–water partition coefficient (Wildman–Crippen LogP) is 3.54. The highest BCUT2D eigenvalue weighted by Gasteiger charge is 2.04. The first-order chi connectivity index (χ1) is 11.3. The van der Waals surface area contributed by atoms with E-state index in [0.717, 1.165) is 35.7 Å². The highest BCUT2D eigenvalue weighted by atomic mass is 15.1. The number of aromatic nitrogens is 4. The normalized spacial score (nSPS) is 10.5. The molecule has 3 rings (SSSR count). The summed E-state index contributed by atoms with van der Waals surface area (Å²) < 4.78 is 1.96. The van der Waals surface area contributed by atoms with E-state index >= 15 is 0 Å². The first kappa shape index (κ1) is 15.0. The molecule has 0 fully saturated rings. The molecule has 0 atom stereocenters. The maximum absolute atomic E-state index is 4.53. The van der Waals surface area contributed by atoms with Crippen molar-refractivity contribution in [2.75, 3.05) is 17.2 Å². The number of imidazole rings is 1. The maximum atomic E-state index is 4.53. The van der Waals surface area contributed by atoms with Gasteiger partial charge in [0.05, 0.1) is 6.33 Å². The fourth-order valence-electron chi connectivity index (χ4n) is 2.18. The van der Waals surface area contributed by atoms with Crippen LogP contribution in [0, 0.1) is 6.92 Å². The molecule has 23 heavy (non-hydrogen) atoms. The van der Waals surface area contributed by atoms with Crippen LogP contribution in [0.1, 0.15) is 18.9 Å². The van der Waals surface area contributed by atoms with Crippen LogP contribution in [-0.4, -0.2) is 26.1 Å². The van der Waals surface area contributed by atoms with Crippen LogP contribution in [0.4, 0.5) is 17.5 Å². The molecule has 0 spiro atoms. The number of aryl methyl sites for hydroxylation is 1. The highest BCUT2D eigenvalue weighted by molar-refractivity contribution is 5.57. The molecule has 0 aliphatic heterocycles. The van der Waals surface area contributed by atoms with Crippen LogP contribution in [0.15, 0.2) is 49.2 Å². The van der Waals surface area contributed by atoms with E-state index in [9.17, 15) is 0 Å². The Morgan fingerprint density at radius 1 is 1.17 bits per heavy atom. The van der Waals surface area contributed by atoms with Crippen LogP contribution in [0.5, 0.6) is 0 Å². The van der Waals surface area contributed by atoms with E-state index in [1.807, 2.05) is 48.1 Å². The Kier molecular flexibility index (Phi) is 4.52. The van der Waals surface area contributed by atoms with Gasteiger partial charge in [-0.05, 0) is 37.6 Å². The van der Waals surface area contributed by atoms with Gasteiger partial charge >= 0.3 is 0 Å². The Labute approximate surface area is 135 Å². The van der Waals surface area contributed by atoms with Crippen LogP contribution < -0.4 is 10.6 Å². The van der Waals surface area contributed by atoms with Crippen LogP contribution in [0.25, 0.3) is 5.69 Å². The van der Waals surface area contributed by atoms with Gasteiger partial charge < -0.3 is 15.2 Å². The molecule has 0 aliphatic rings. The number of benzene rings is 1. The van der Waals surface area contributed by atoms with Crippen molar-refractivity contribution in [3.8, 4) is 5.69 Å². The summed E-state index contributed by atoms with van der Waals surface area (Å²) in [5, 5.41) is 6.55. The molecule has 6 heteroatoms. The molecule has 0 saturated heterocycles. The van der Waals surface area contributed by atoms with Crippen LogP contribution >= 0.6 is 0 Å². The molecular formula is C17H20N6. The second kappa shape index (κ2) is 6.91. The van der Waals surface area contributed by atoms with Gasteiger partial charge in [-0.3, -0.25) is 0 Å². The van der Waals surface area contributed by atoms with Gasteiger partial charge in [0.25, 0.3) is 0 Å². The maximum Gasteiger partial charge on any atom is 0.229 e. The smallest absolute Gasteiger partial charge is 0.229 e. The van der Waals surface area contributed by atoms with Gasteiger partial charge in [-0.15, -0.1) is 0 Å². The average molecular weight is 308 g/mol. The Morgan fingerprint density at radius 2 is 2.00 bits per heavy atom. The summed E-state index contributed by atoms with van der Waals surface area (Å²) in [4.78, 5) is 12.9. The largest absolute Gasteiger partial charge is 0.370 e. The lowest BCUT2D eigenvalue weighted by atomic mass is 10.3. The van der Waals surface area contributed by atoms with Gasteiger partial charge in [-0.25, -0.2) is 9.97 Å². The summed E-state index contributed by atoms with van der Waals surface area (Å²) in [6.45, 7) is 5.03. The summed E-state index contributed by atoms with van der Waals surface area (Å²) in [7, 11) is 0. The van der Waals surface area contributed by atoms with Crippen LogP contribution in [0.3, 0.4) is 0 Å². The minimum atomic E-state index is 0.588. The molecule has 1 aromatic carbocycles. The Morgan fingerprint density at radius 3 is 2.70 bits per heavy atom. The number of anilines is 3. The first-order valence-electron chi connectivity index (χ1n) is 7.69. The third kappa shape index (κ3) is 3.66. The Hall–Kier alpha value is -2.89. The second-order valence-electron chi connectivity index (χ2n) is 5.29. The molecular weight excluding hydrogens is 288 g/mol. The lowest BCUT2D eigenvalue weighted by Crippen LogP contribution is -2.06. The zero-order valence-corrected chi connectivity index (χ0v) is 13.3. The number of hydrogen-bond donors (Lipinski definition) is 2. The van der Waals surface area contributed by atoms with E-state index in [-0.39, 0.29) is 0 Å². The molecule has 0 amide bonds. The van der Waals surface area contributed by atoms with E-state index in [1.54, 1.807) is 12.5 Å². The van der Waals surface area contributed by atoms with Crippen molar-refractivity contribution in [2.45, 2.75) is 20.3 Å². The fraction of sp³-hybridized carbons (Fsp3) is 0.235. The average Bonchev–Trinajstić information content (AvgIpc) is 3.10. The third-order valence-corrected chi connectivity index (χ3v) is 3.44. The van der Waals surface area contributed by atoms with Crippen molar-refractivity contribution in [1.29, 1.82) is 0 Å². The quantitative estimate of drug-likeness (QED) is 0.729. The fourth-order valence-corrected chi connectivity index (χ4v) is 2.18. The molecule has 118 valence electrons. The molecule has 6 nitrogen and oxygen atoms in total. The van der Waals surface area contributed by atoms with Crippen molar-refractivity contribution in [3.63, 3.8) is 0 Å². The molecule has 0 unspecified atom stereocenters. The molecule has 2 N–H and O–H groups in total. The van der Waals surface area contributed by atoms with E-state index in [0.29, 0.717) is 5.95 Å². The third-order valence-electron chi connectivity index (χ3n) is 3.44. The van der Waals surface area contributed by atoms with Gasteiger partial charge in [0, 0.05) is 42.1 Å². The minimum absolute atomic E-state index is 0.588. The van der Waals surface area contributed by atoms with Crippen molar-refractivity contribution < 1.29 is 0 Å². The molecule has 0 aliphatic carbocycles. The summed E-state index contributed by atoms with van der Waals surface area (Å²) in [5.74, 6) is 1.46. The number of hydrogen-bond acceptors (Lipinski definition) is 5. The van der Waals surface area contributed by atoms with Gasteiger partial charge in [0.15, 0.2) is 0 Å². The lowest BCUT2D eigenvalue weighted by molar-refractivity contribution is 0.960. The number of rotatable bonds is 6. The molecule has 0 bridgehead atoms. The second-order valence-corrected chi connectivity index (χ2v) is 5.29. The standard InChI is InChI=1S/C17H20N6/c1-3-8-19-16-13(2)11-20-17(22-16)21-14-4-6-15(7-5-14)23-10-9-18-12-23/h4-7,9-12H,3,8H2,1-2H3,(H2,19,20,21,22). The van der Waals surface area contributed by atoms with Crippen molar-refractivity contribution in [1.82, 2.24) is 19.5 Å². The zero-order valence-electron chi connectivity index (χ0n) is 13.3. The first-order valence-corrected chi connectivity index (χ1v) is 7.69. The SMILES string of the molecule is CCCNc1nc(Nc2ccc(-n3ccnc3)cc2)ncc1C.